The van der Waals surface area contributed by atoms with Gasteiger partial charge in [-0.2, -0.15) is 0 Å². The summed E-state index contributed by atoms with van der Waals surface area (Å²) in [6.07, 6.45) is 0.694. The zero-order valence-electron chi connectivity index (χ0n) is 7.36. The molecular formula is C10H11BrF2. The van der Waals surface area contributed by atoms with E-state index in [1.807, 2.05) is 6.92 Å². The number of alkyl halides is 1. The summed E-state index contributed by atoms with van der Waals surface area (Å²) in [6, 6.07) is 3.65. The summed E-state index contributed by atoms with van der Waals surface area (Å²) < 4.78 is 25.5. The molecule has 0 spiro atoms. The molecule has 0 nitrogen and oxygen atoms in total. The van der Waals surface area contributed by atoms with Gasteiger partial charge in [-0.3, -0.25) is 0 Å². The van der Waals surface area contributed by atoms with E-state index in [-0.39, 0.29) is 0 Å². The van der Waals surface area contributed by atoms with E-state index in [1.165, 1.54) is 12.1 Å². The highest BCUT2D eigenvalue weighted by Gasteiger charge is 2.04. The highest BCUT2D eigenvalue weighted by molar-refractivity contribution is 9.09. The van der Waals surface area contributed by atoms with E-state index in [1.54, 1.807) is 0 Å². The molecule has 0 aromatic heterocycles. The van der Waals surface area contributed by atoms with Crippen molar-refractivity contribution < 1.29 is 8.78 Å². The van der Waals surface area contributed by atoms with Gasteiger partial charge >= 0.3 is 0 Å². The monoisotopic (exact) mass is 248 g/mol. The van der Waals surface area contributed by atoms with Gasteiger partial charge in [-0.1, -0.05) is 22.9 Å². The Morgan fingerprint density at radius 2 is 1.77 bits per heavy atom. The molecule has 0 amide bonds. The SMILES string of the molecule is CC(CBr)Cc1cc(F)cc(F)c1. The fourth-order valence-corrected chi connectivity index (χ4v) is 1.41. The van der Waals surface area contributed by atoms with Gasteiger partial charge in [0.15, 0.2) is 0 Å². The second kappa shape index (κ2) is 4.70. The first kappa shape index (κ1) is 10.6. The van der Waals surface area contributed by atoms with Crippen molar-refractivity contribution in [3.05, 3.63) is 35.4 Å². The van der Waals surface area contributed by atoms with Crippen LogP contribution >= 0.6 is 15.9 Å². The van der Waals surface area contributed by atoms with E-state index in [4.69, 9.17) is 0 Å². The van der Waals surface area contributed by atoms with Gasteiger partial charge in [0.1, 0.15) is 11.6 Å². The number of hydrogen-bond donors (Lipinski definition) is 0. The van der Waals surface area contributed by atoms with Crippen molar-refractivity contribution in [1.82, 2.24) is 0 Å². The average molecular weight is 249 g/mol. The lowest BCUT2D eigenvalue weighted by Crippen LogP contribution is -2.01. The molecule has 0 fully saturated rings. The Bertz CT molecular complexity index is 266. The van der Waals surface area contributed by atoms with E-state index >= 15 is 0 Å². The minimum absolute atomic E-state index is 0.390. The first-order valence-electron chi connectivity index (χ1n) is 4.12. The van der Waals surface area contributed by atoms with Gasteiger partial charge in [-0.05, 0) is 30.0 Å². The van der Waals surface area contributed by atoms with Crippen LogP contribution in [0.15, 0.2) is 18.2 Å². The Labute approximate surface area is 85.1 Å². The molecule has 1 rings (SSSR count). The zero-order chi connectivity index (χ0) is 9.84. The predicted molar refractivity (Wildman–Crippen MR) is 53.0 cm³/mol. The van der Waals surface area contributed by atoms with Gasteiger partial charge in [-0.15, -0.1) is 0 Å². The standard InChI is InChI=1S/C10H11BrF2/c1-7(6-11)2-8-3-9(12)5-10(13)4-8/h3-5,7H,2,6H2,1H3. The molecule has 0 saturated heterocycles. The summed E-state index contributed by atoms with van der Waals surface area (Å²) in [7, 11) is 0. The fraction of sp³-hybridized carbons (Fsp3) is 0.400. The fourth-order valence-electron chi connectivity index (χ4n) is 1.19. The van der Waals surface area contributed by atoms with Crippen LogP contribution in [-0.4, -0.2) is 5.33 Å². The van der Waals surface area contributed by atoms with Crippen molar-refractivity contribution in [3.63, 3.8) is 0 Å². The molecule has 1 aromatic rings. The maximum absolute atomic E-state index is 12.7. The van der Waals surface area contributed by atoms with Crippen LogP contribution in [0.3, 0.4) is 0 Å². The third-order valence-electron chi connectivity index (χ3n) is 1.77. The van der Waals surface area contributed by atoms with Crippen LogP contribution in [0, 0.1) is 17.6 Å². The molecule has 1 atom stereocenters. The second-order valence-corrected chi connectivity index (χ2v) is 3.89. The Balaban J connectivity index is 2.77. The Hall–Kier alpha value is -0.440. The topological polar surface area (TPSA) is 0 Å². The van der Waals surface area contributed by atoms with Gasteiger partial charge in [-0.25, -0.2) is 8.78 Å². The lowest BCUT2D eigenvalue weighted by molar-refractivity contribution is 0.573. The molecular weight excluding hydrogens is 238 g/mol. The van der Waals surface area contributed by atoms with Crippen LogP contribution in [0.2, 0.25) is 0 Å². The van der Waals surface area contributed by atoms with Gasteiger partial charge in [0.25, 0.3) is 0 Å². The molecule has 1 aromatic carbocycles. The number of rotatable bonds is 3. The average Bonchev–Trinajstić information content (AvgIpc) is 2.02. The van der Waals surface area contributed by atoms with Gasteiger partial charge in [0, 0.05) is 11.4 Å². The summed E-state index contributed by atoms with van der Waals surface area (Å²) in [5.74, 6) is -0.616. The van der Waals surface area contributed by atoms with Crippen LogP contribution < -0.4 is 0 Å². The molecule has 13 heavy (non-hydrogen) atoms. The Kier molecular flexibility index (Phi) is 3.85. The Morgan fingerprint density at radius 3 is 2.23 bits per heavy atom. The summed E-state index contributed by atoms with van der Waals surface area (Å²) in [4.78, 5) is 0. The van der Waals surface area contributed by atoms with Crippen molar-refractivity contribution in [2.24, 2.45) is 5.92 Å². The molecule has 0 bridgehead atoms. The minimum Gasteiger partial charge on any atom is -0.207 e. The molecule has 0 aliphatic rings. The van der Waals surface area contributed by atoms with Gasteiger partial charge < -0.3 is 0 Å². The third kappa shape index (κ3) is 3.43. The largest absolute Gasteiger partial charge is 0.207 e. The molecule has 0 radical (unpaired) electrons. The summed E-state index contributed by atoms with van der Waals surface area (Å²) >= 11 is 3.32. The van der Waals surface area contributed by atoms with Gasteiger partial charge in [0.05, 0.1) is 0 Å². The first-order chi connectivity index (χ1) is 6.11. The summed E-state index contributed by atoms with van der Waals surface area (Å²) in [5.41, 5.74) is 0.712. The van der Waals surface area contributed by atoms with Crippen LogP contribution in [0.25, 0.3) is 0 Å². The van der Waals surface area contributed by atoms with Crippen molar-refractivity contribution in [3.8, 4) is 0 Å². The molecule has 0 saturated carbocycles. The lowest BCUT2D eigenvalue weighted by atomic mass is 10.0. The normalized spacial score (nSPS) is 12.9. The molecule has 0 heterocycles. The van der Waals surface area contributed by atoms with Gasteiger partial charge in [0.2, 0.25) is 0 Å². The maximum Gasteiger partial charge on any atom is 0.126 e. The molecule has 3 heteroatoms. The van der Waals surface area contributed by atoms with Crippen LogP contribution in [0.1, 0.15) is 12.5 Å². The predicted octanol–water partition coefficient (Wildman–Crippen LogP) is 3.54. The number of hydrogen-bond acceptors (Lipinski definition) is 0. The van der Waals surface area contributed by atoms with Crippen LogP contribution in [-0.2, 0) is 6.42 Å². The second-order valence-electron chi connectivity index (χ2n) is 3.24. The summed E-state index contributed by atoms with van der Waals surface area (Å²) in [6.45, 7) is 2.03. The minimum atomic E-state index is -0.503. The molecule has 0 N–H and O–H groups in total. The van der Waals surface area contributed by atoms with E-state index in [2.05, 4.69) is 15.9 Å². The van der Waals surface area contributed by atoms with E-state index in [9.17, 15) is 8.78 Å². The van der Waals surface area contributed by atoms with Crippen molar-refractivity contribution in [2.75, 3.05) is 5.33 Å². The van der Waals surface area contributed by atoms with Crippen molar-refractivity contribution in [1.29, 1.82) is 0 Å². The third-order valence-corrected chi connectivity index (χ3v) is 2.88. The molecule has 0 aliphatic carbocycles. The zero-order valence-corrected chi connectivity index (χ0v) is 8.94. The van der Waals surface area contributed by atoms with Crippen LogP contribution in [0.5, 0.6) is 0 Å². The maximum atomic E-state index is 12.7. The highest BCUT2D eigenvalue weighted by Crippen LogP contribution is 2.13. The smallest absolute Gasteiger partial charge is 0.126 e. The summed E-state index contributed by atoms with van der Waals surface area (Å²) in [5, 5.41) is 0.838. The quantitative estimate of drug-likeness (QED) is 0.719. The lowest BCUT2D eigenvalue weighted by Gasteiger charge is -2.07. The molecule has 72 valence electrons. The van der Waals surface area contributed by atoms with Crippen LogP contribution in [0.4, 0.5) is 8.78 Å². The number of halogens is 3. The molecule has 1 unspecified atom stereocenters. The van der Waals surface area contributed by atoms with Crippen molar-refractivity contribution >= 4 is 15.9 Å². The van der Waals surface area contributed by atoms with E-state index in [0.717, 1.165) is 11.4 Å². The van der Waals surface area contributed by atoms with E-state index in [0.29, 0.717) is 17.9 Å². The molecule has 0 aliphatic heterocycles. The highest BCUT2D eigenvalue weighted by atomic mass is 79.9. The first-order valence-corrected chi connectivity index (χ1v) is 5.25. The number of benzene rings is 1. The Morgan fingerprint density at radius 1 is 1.23 bits per heavy atom. The van der Waals surface area contributed by atoms with Crippen molar-refractivity contribution in [2.45, 2.75) is 13.3 Å². The van der Waals surface area contributed by atoms with E-state index < -0.39 is 11.6 Å².